The van der Waals surface area contributed by atoms with Crippen molar-refractivity contribution in [3.63, 3.8) is 0 Å². The van der Waals surface area contributed by atoms with Crippen molar-refractivity contribution in [1.29, 1.82) is 0 Å². The number of carboxylic acid groups (broad SMARTS) is 1. The highest BCUT2D eigenvalue weighted by atomic mass is 16.5. The molecule has 82 valence electrons. The Kier molecular flexibility index (Phi) is 3.89. The van der Waals surface area contributed by atoms with Gasteiger partial charge in [0.25, 0.3) is 0 Å². The molecule has 0 amide bonds. The van der Waals surface area contributed by atoms with Crippen molar-refractivity contribution in [2.75, 3.05) is 13.7 Å². The fraction of sp³-hybridized carbons (Fsp3) is 0.900. The first kappa shape index (κ1) is 11.5. The number of aliphatic carboxylic acids is 1. The van der Waals surface area contributed by atoms with E-state index in [4.69, 9.17) is 9.84 Å². The lowest BCUT2D eigenvalue weighted by molar-refractivity contribution is -0.148. The van der Waals surface area contributed by atoms with Gasteiger partial charge in [-0.15, -0.1) is 0 Å². The van der Waals surface area contributed by atoms with Gasteiger partial charge in [-0.25, -0.2) is 0 Å². The summed E-state index contributed by atoms with van der Waals surface area (Å²) in [7, 11) is 1.71. The van der Waals surface area contributed by atoms with Gasteiger partial charge in [-0.05, 0) is 33.2 Å². The largest absolute Gasteiger partial charge is 0.480 e. The fourth-order valence-electron chi connectivity index (χ4n) is 2.13. The minimum Gasteiger partial charge on any atom is -0.480 e. The third-order valence-corrected chi connectivity index (χ3v) is 3.00. The fourth-order valence-corrected chi connectivity index (χ4v) is 2.13. The zero-order valence-electron chi connectivity index (χ0n) is 8.88. The van der Waals surface area contributed by atoms with Crippen molar-refractivity contribution < 1.29 is 14.6 Å². The molecule has 1 fully saturated rings. The van der Waals surface area contributed by atoms with Crippen LogP contribution in [-0.2, 0) is 9.53 Å². The van der Waals surface area contributed by atoms with E-state index in [1.54, 1.807) is 7.05 Å². The Morgan fingerprint density at radius 1 is 1.71 bits per heavy atom. The molecule has 0 saturated heterocycles. The topological polar surface area (TPSA) is 58.6 Å². The molecule has 4 nitrogen and oxygen atoms in total. The lowest BCUT2D eigenvalue weighted by Gasteiger charge is -2.37. The standard InChI is InChI=1S/C10H19NO3/c1-3-14-8-5-4-6-10(7-8,11-2)9(12)13/h8,11H,3-7H2,1-2H3,(H,12,13). The van der Waals surface area contributed by atoms with Gasteiger partial charge in [-0.3, -0.25) is 4.79 Å². The van der Waals surface area contributed by atoms with Gasteiger partial charge >= 0.3 is 5.97 Å². The van der Waals surface area contributed by atoms with E-state index in [1.807, 2.05) is 6.92 Å². The third-order valence-electron chi connectivity index (χ3n) is 3.00. The molecular weight excluding hydrogens is 182 g/mol. The van der Waals surface area contributed by atoms with E-state index < -0.39 is 11.5 Å². The monoisotopic (exact) mass is 201 g/mol. The number of rotatable bonds is 4. The zero-order valence-corrected chi connectivity index (χ0v) is 8.88. The molecule has 2 N–H and O–H groups in total. The molecule has 0 aromatic rings. The summed E-state index contributed by atoms with van der Waals surface area (Å²) in [6.07, 6.45) is 3.26. The van der Waals surface area contributed by atoms with Crippen LogP contribution in [0.5, 0.6) is 0 Å². The molecule has 0 spiro atoms. The second-order valence-corrected chi connectivity index (χ2v) is 3.81. The number of likely N-dealkylation sites (N-methyl/N-ethyl adjacent to an activating group) is 1. The van der Waals surface area contributed by atoms with Crippen molar-refractivity contribution in [3.05, 3.63) is 0 Å². The Labute approximate surface area is 84.6 Å². The van der Waals surface area contributed by atoms with Crippen LogP contribution in [0.25, 0.3) is 0 Å². The summed E-state index contributed by atoms with van der Waals surface area (Å²) in [5.41, 5.74) is -0.766. The minimum atomic E-state index is -0.766. The molecule has 0 heterocycles. The van der Waals surface area contributed by atoms with Gasteiger partial charge in [-0.1, -0.05) is 0 Å². The molecular formula is C10H19NO3. The van der Waals surface area contributed by atoms with Crippen molar-refractivity contribution in [2.24, 2.45) is 0 Å². The Morgan fingerprint density at radius 3 is 2.93 bits per heavy atom. The van der Waals surface area contributed by atoms with Crippen LogP contribution in [0.15, 0.2) is 0 Å². The van der Waals surface area contributed by atoms with E-state index in [0.717, 1.165) is 12.8 Å². The van der Waals surface area contributed by atoms with Crippen LogP contribution in [0.3, 0.4) is 0 Å². The smallest absolute Gasteiger partial charge is 0.323 e. The predicted octanol–water partition coefficient (Wildman–Crippen LogP) is 1.01. The molecule has 4 heteroatoms. The number of ether oxygens (including phenoxy) is 1. The van der Waals surface area contributed by atoms with Gasteiger partial charge < -0.3 is 15.2 Å². The number of carbonyl (C=O) groups is 1. The van der Waals surface area contributed by atoms with Crippen LogP contribution in [0, 0.1) is 0 Å². The van der Waals surface area contributed by atoms with E-state index >= 15 is 0 Å². The van der Waals surface area contributed by atoms with Crippen molar-refractivity contribution in [3.8, 4) is 0 Å². The molecule has 1 aliphatic rings. The first-order valence-electron chi connectivity index (χ1n) is 5.18. The maximum atomic E-state index is 11.1. The molecule has 0 bridgehead atoms. The first-order chi connectivity index (χ1) is 6.64. The molecule has 2 unspecified atom stereocenters. The van der Waals surface area contributed by atoms with Gasteiger partial charge in [0.15, 0.2) is 0 Å². The van der Waals surface area contributed by atoms with Gasteiger partial charge in [-0.2, -0.15) is 0 Å². The Hall–Kier alpha value is -0.610. The summed E-state index contributed by atoms with van der Waals surface area (Å²) in [5, 5.41) is 12.1. The van der Waals surface area contributed by atoms with E-state index in [0.29, 0.717) is 19.4 Å². The van der Waals surface area contributed by atoms with Gasteiger partial charge in [0, 0.05) is 13.0 Å². The van der Waals surface area contributed by atoms with E-state index in [2.05, 4.69) is 5.32 Å². The lowest BCUT2D eigenvalue weighted by Crippen LogP contribution is -2.54. The summed E-state index contributed by atoms with van der Waals surface area (Å²) in [6.45, 7) is 2.60. The third kappa shape index (κ3) is 2.25. The molecule has 14 heavy (non-hydrogen) atoms. The summed E-state index contributed by atoms with van der Waals surface area (Å²) >= 11 is 0. The second-order valence-electron chi connectivity index (χ2n) is 3.81. The van der Waals surface area contributed by atoms with Crippen LogP contribution in [0.4, 0.5) is 0 Å². The van der Waals surface area contributed by atoms with Crippen molar-refractivity contribution in [1.82, 2.24) is 5.32 Å². The van der Waals surface area contributed by atoms with Crippen molar-refractivity contribution in [2.45, 2.75) is 44.2 Å². The first-order valence-corrected chi connectivity index (χ1v) is 5.18. The number of nitrogens with one attached hydrogen (secondary N) is 1. The van der Waals surface area contributed by atoms with Crippen LogP contribution in [-0.4, -0.2) is 36.4 Å². The van der Waals surface area contributed by atoms with E-state index in [9.17, 15) is 4.79 Å². The average molecular weight is 201 g/mol. The Bertz CT molecular complexity index is 206. The minimum absolute atomic E-state index is 0.0947. The molecule has 2 atom stereocenters. The summed E-state index contributed by atoms with van der Waals surface area (Å²) in [5.74, 6) is -0.760. The van der Waals surface area contributed by atoms with E-state index in [-0.39, 0.29) is 6.10 Å². The molecule has 0 aliphatic heterocycles. The highest BCUT2D eigenvalue weighted by Gasteiger charge is 2.41. The maximum absolute atomic E-state index is 11.1. The number of carboxylic acids is 1. The highest BCUT2D eigenvalue weighted by molar-refractivity contribution is 5.79. The molecule has 0 aromatic carbocycles. The number of hydrogen-bond donors (Lipinski definition) is 2. The maximum Gasteiger partial charge on any atom is 0.323 e. The quantitative estimate of drug-likeness (QED) is 0.712. The summed E-state index contributed by atoms with van der Waals surface area (Å²) in [6, 6.07) is 0. The Morgan fingerprint density at radius 2 is 2.43 bits per heavy atom. The SMILES string of the molecule is CCOC1CCCC(NC)(C(=O)O)C1. The molecule has 1 saturated carbocycles. The molecule has 1 aliphatic carbocycles. The van der Waals surface area contributed by atoms with Gasteiger partial charge in [0.1, 0.15) is 5.54 Å². The normalized spacial score (nSPS) is 32.9. The van der Waals surface area contributed by atoms with Gasteiger partial charge in [0.2, 0.25) is 0 Å². The van der Waals surface area contributed by atoms with Gasteiger partial charge in [0.05, 0.1) is 6.10 Å². The summed E-state index contributed by atoms with van der Waals surface area (Å²) in [4.78, 5) is 11.1. The zero-order chi connectivity index (χ0) is 10.6. The molecule has 1 rings (SSSR count). The second kappa shape index (κ2) is 4.75. The van der Waals surface area contributed by atoms with Crippen molar-refractivity contribution >= 4 is 5.97 Å². The van der Waals surface area contributed by atoms with Crippen LogP contribution in [0.1, 0.15) is 32.6 Å². The average Bonchev–Trinajstić information content (AvgIpc) is 2.18. The molecule has 0 aromatic heterocycles. The number of hydrogen-bond acceptors (Lipinski definition) is 3. The van der Waals surface area contributed by atoms with Crippen LogP contribution >= 0.6 is 0 Å². The Balaban J connectivity index is 2.64. The van der Waals surface area contributed by atoms with E-state index in [1.165, 1.54) is 0 Å². The summed E-state index contributed by atoms with van der Waals surface area (Å²) < 4.78 is 5.49. The molecule has 0 radical (unpaired) electrons. The highest BCUT2D eigenvalue weighted by Crippen LogP contribution is 2.30. The predicted molar refractivity (Wildman–Crippen MR) is 53.3 cm³/mol. The van der Waals surface area contributed by atoms with Crippen LogP contribution in [0.2, 0.25) is 0 Å². The lowest BCUT2D eigenvalue weighted by atomic mass is 9.80. The van der Waals surface area contributed by atoms with Crippen LogP contribution < -0.4 is 5.32 Å².